The summed E-state index contributed by atoms with van der Waals surface area (Å²) in [5, 5.41) is 3.38. The molecule has 0 amide bonds. The molecule has 0 bridgehead atoms. The van der Waals surface area contributed by atoms with E-state index in [0.717, 1.165) is 30.3 Å². The second-order valence-electron chi connectivity index (χ2n) is 5.47. The number of para-hydroxylation sites is 1. The topological polar surface area (TPSA) is 21.3 Å². The Morgan fingerprint density at radius 3 is 2.43 bits per heavy atom. The third-order valence-electron chi connectivity index (χ3n) is 3.34. The van der Waals surface area contributed by atoms with Crippen LogP contribution < -0.4 is 5.32 Å². The summed E-state index contributed by atoms with van der Waals surface area (Å²) in [5.74, 6) is -0.869. The molecular formula is C15H20F3NOS. The van der Waals surface area contributed by atoms with Gasteiger partial charge in [-0.25, -0.2) is 0 Å². The number of halogens is 3. The molecule has 1 aliphatic rings. The van der Waals surface area contributed by atoms with Crippen molar-refractivity contribution < 1.29 is 17.9 Å². The minimum absolute atomic E-state index is 0.168. The summed E-state index contributed by atoms with van der Waals surface area (Å²) in [5.41, 5.74) is 0.776. The lowest BCUT2D eigenvalue weighted by atomic mass is 9.99. The molecule has 118 valence electrons. The SMILES string of the molecule is CC1CC(Nc2ccccc2SCC(F)(F)F)CC(C)O1. The van der Waals surface area contributed by atoms with Gasteiger partial charge in [-0.15, -0.1) is 11.8 Å². The Hall–Kier alpha value is -0.880. The number of alkyl halides is 3. The van der Waals surface area contributed by atoms with E-state index in [-0.39, 0.29) is 18.2 Å². The van der Waals surface area contributed by atoms with Gasteiger partial charge in [0.15, 0.2) is 0 Å². The van der Waals surface area contributed by atoms with Crippen LogP contribution in [-0.4, -0.2) is 30.2 Å². The first kappa shape index (κ1) is 16.5. The van der Waals surface area contributed by atoms with Crippen molar-refractivity contribution in [2.24, 2.45) is 0 Å². The van der Waals surface area contributed by atoms with E-state index in [2.05, 4.69) is 5.32 Å². The predicted molar refractivity (Wildman–Crippen MR) is 79.9 cm³/mol. The van der Waals surface area contributed by atoms with Gasteiger partial charge in [-0.1, -0.05) is 12.1 Å². The molecule has 1 saturated heterocycles. The largest absolute Gasteiger partial charge is 0.398 e. The number of rotatable bonds is 4. The number of ether oxygens (including phenoxy) is 1. The van der Waals surface area contributed by atoms with E-state index in [1.807, 2.05) is 26.0 Å². The molecule has 1 N–H and O–H groups in total. The molecule has 0 spiro atoms. The van der Waals surface area contributed by atoms with Crippen molar-refractivity contribution in [2.75, 3.05) is 11.1 Å². The summed E-state index contributed by atoms with van der Waals surface area (Å²) in [4.78, 5) is 0.640. The van der Waals surface area contributed by atoms with Crippen molar-refractivity contribution in [3.05, 3.63) is 24.3 Å². The average molecular weight is 319 g/mol. The molecule has 1 aromatic rings. The number of nitrogens with one attached hydrogen (secondary N) is 1. The van der Waals surface area contributed by atoms with Gasteiger partial charge in [-0.3, -0.25) is 0 Å². The van der Waals surface area contributed by atoms with Crippen molar-refractivity contribution in [2.45, 2.75) is 56.0 Å². The van der Waals surface area contributed by atoms with Crippen LogP contribution in [0, 0.1) is 0 Å². The maximum atomic E-state index is 12.4. The van der Waals surface area contributed by atoms with E-state index in [0.29, 0.717) is 4.90 Å². The van der Waals surface area contributed by atoms with Crippen LogP contribution in [0.25, 0.3) is 0 Å². The first-order valence-electron chi connectivity index (χ1n) is 7.04. The van der Waals surface area contributed by atoms with Crippen LogP contribution in [0.1, 0.15) is 26.7 Å². The smallest absolute Gasteiger partial charge is 0.381 e. The monoisotopic (exact) mass is 319 g/mol. The van der Waals surface area contributed by atoms with Gasteiger partial charge in [-0.05, 0) is 38.8 Å². The highest BCUT2D eigenvalue weighted by Crippen LogP contribution is 2.33. The van der Waals surface area contributed by atoms with Gasteiger partial charge in [0.2, 0.25) is 0 Å². The van der Waals surface area contributed by atoms with Crippen LogP contribution in [0.2, 0.25) is 0 Å². The molecule has 2 nitrogen and oxygen atoms in total. The predicted octanol–water partition coefficient (Wildman–Crippen LogP) is 4.71. The average Bonchev–Trinajstić information content (AvgIpc) is 2.35. The van der Waals surface area contributed by atoms with Gasteiger partial charge in [0.05, 0.1) is 18.0 Å². The fraction of sp³-hybridized carbons (Fsp3) is 0.600. The second-order valence-corrected chi connectivity index (χ2v) is 6.49. The van der Waals surface area contributed by atoms with Crippen molar-refractivity contribution in [3.8, 4) is 0 Å². The maximum absolute atomic E-state index is 12.4. The minimum Gasteiger partial charge on any atom is -0.381 e. The number of anilines is 1. The molecule has 0 saturated carbocycles. The summed E-state index contributed by atoms with van der Waals surface area (Å²) in [7, 11) is 0. The maximum Gasteiger partial charge on any atom is 0.398 e. The summed E-state index contributed by atoms with van der Waals surface area (Å²) in [6.45, 7) is 4.04. The van der Waals surface area contributed by atoms with E-state index < -0.39 is 11.9 Å². The lowest BCUT2D eigenvalue weighted by Crippen LogP contribution is -2.37. The third-order valence-corrected chi connectivity index (χ3v) is 4.47. The molecule has 1 fully saturated rings. The first-order chi connectivity index (χ1) is 9.83. The highest BCUT2D eigenvalue weighted by molar-refractivity contribution is 7.99. The van der Waals surface area contributed by atoms with Crippen LogP contribution in [0.3, 0.4) is 0 Å². The molecule has 21 heavy (non-hydrogen) atoms. The fourth-order valence-corrected chi connectivity index (χ4v) is 3.39. The molecule has 1 aliphatic heterocycles. The van der Waals surface area contributed by atoms with Crippen molar-refractivity contribution in [1.29, 1.82) is 0 Å². The molecule has 2 rings (SSSR count). The lowest BCUT2D eigenvalue weighted by Gasteiger charge is -2.33. The Balaban J connectivity index is 2.02. The Labute approximate surface area is 127 Å². The summed E-state index contributed by atoms with van der Waals surface area (Å²) < 4.78 is 42.8. The molecule has 6 heteroatoms. The van der Waals surface area contributed by atoms with Gasteiger partial charge in [-0.2, -0.15) is 13.2 Å². The van der Waals surface area contributed by atoms with E-state index in [1.165, 1.54) is 0 Å². The quantitative estimate of drug-likeness (QED) is 0.812. The molecule has 0 radical (unpaired) electrons. The van der Waals surface area contributed by atoms with E-state index >= 15 is 0 Å². The Kier molecular flexibility index (Phi) is 5.43. The van der Waals surface area contributed by atoms with Crippen molar-refractivity contribution in [3.63, 3.8) is 0 Å². The highest BCUT2D eigenvalue weighted by atomic mass is 32.2. The molecule has 1 aromatic carbocycles. The second kappa shape index (κ2) is 6.92. The van der Waals surface area contributed by atoms with Crippen molar-refractivity contribution in [1.82, 2.24) is 0 Å². The molecule has 0 aliphatic carbocycles. The zero-order chi connectivity index (χ0) is 15.5. The number of hydrogen-bond acceptors (Lipinski definition) is 3. The van der Waals surface area contributed by atoms with Crippen LogP contribution in [0.5, 0.6) is 0 Å². The third kappa shape index (κ3) is 5.43. The summed E-state index contributed by atoms with van der Waals surface area (Å²) in [6.07, 6.45) is -2.09. The van der Waals surface area contributed by atoms with Crippen LogP contribution in [0.15, 0.2) is 29.2 Å². The Morgan fingerprint density at radius 1 is 1.19 bits per heavy atom. The zero-order valence-corrected chi connectivity index (χ0v) is 12.9. The summed E-state index contributed by atoms with van der Waals surface area (Å²) >= 11 is 0.825. The van der Waals surface area contributed by atoms with Gasteiger partial charge in [0.25, 0.3) is 0 Å². The zero-order valence-electron chi connectivity index (χ0n) is 12.1. The molecule has 0 aromatic heterocycles. The van der Waals surface area contributed by atoms with Crippen molar-refractivity contribution >= 4 is 17.4 Å². The molecule has 2 atom stereocenters. The van der Waals surface area contributed by atoms with Gasteiger partial charge in [0, 0.05) is 16.6 Å². The molecule has 2 unspecified atom stereocenters. The number of thioether (sulfide) groups is 1. The lowest BCUT2D eigenvalue weighted by molar-refractivity contribution is -0.105. The summed E-state index contributed by atoms with van der Waals surface area (Å²) in [6, 6.07) is 7.40. The fourth-order valence-electron chi connectivity index (χ4n) is 2.61. The van der Waals surface area contributed by atoms with Crippen LogP contribution in [-0.2, 0) is 4.74 Å². The van der Waals surface area contributed by atoms with E-state index in [4.69, 9.17) is 4.74 Å². The van der Waals surface area contributed by atoms with Crippen LogP contribution in [0.4, 0.5) is 18.9 Å². The Morgan fingerprint density at radius 2 is 1.81 bits per heavy atom. The number of hydrogen-bond donors (Lipinski definition) is 1. The van der Waals surface area contributed by atoms with Gasteiger partial charge >= 0.3 is 6.18 Å². The van der Waals surface area contributed by atoms with E-state index in [9.17, 15) is 13.2 Å². The Bertz CT molecular complexity index is 456. The van der Waals surface area contributed by atoms with Gasteiger partial charge in [0.1, 0.15) is 0 Å². The molecular weight excluding hydrogens is 299 g/mol. The highest BCUT2D eigenvalue weighted by Gasteiger charge is 2.28. The number of benzene rings is 1. The van der Waals surface area contributed by atoms with E-state index in [1.54, 1.807) is 12.1 Å². The first-order valence-corrected chi connectivity index (χ1v) is 8.02. The normalized spacial score (nSPS) is 26.6. The van der Waals surface area contributed by atoms with Gasteiger partial charge < -0.3 is 10.1 Å². The molecule has 1 heterocycles. The van der Waals surface area contributed by atoms with Crippen LogP contribution >= 0.6 is 11.8 Å². The standard InChI is InChI=1S/C15H20F3NOS/c1-10-7-12(8-11(2)20-10)19-13-5-3-4-6-14(13)21-9-15(16,17)18/h3-6,10-12,19H,7-9H2,1-2H3. The minimum atomic E-state index is -4.15.